The predicted molar refractivity (Wildman–Crippen MR) is 87.7 cm³/mol. The molecular formula is C16H17Cl2N3O. The van der Waals surface area contributed by atoms with E-state index in [9.17, 15) is 0 Å². The van der Waals surface area contributed by atoms with Crippen molar-refractivity contribution in [3.05, 3.63) is 39.6 Å². The summed E-state index contributed by atoms with van der Waals surface area (Å²) in [5.74, 6) is 1.28. The van der Waals surface area contributed by atoms with Crippen molar-refractivity contribution in [1.29, 1.82) is 5.26 Å². The Hall–Kier alpha value is -1.70. The minimum atomic E-state index is 0.208. The molecule has 2 aromatic rings. The minimum absolute atomic E-state index is 0.208. The van der Waals surface area contributed by atoms with Gasteiger partial charge in [-0.3, -0.25) is 4.68 Å². The third-order valence-corrected chi connectivity index (χ3v) is 3.61. The summed E-state index contributed by atoms with van der Waals surface area (Å²) in [6.07, 6.45) is 2.45. The molecule has 0 N–H and O–H groups in total. The van der Waals surface area contributed by atoms with Crippen molar-refractivity contribution in [2.24, 2.45) is 0 Å². The van der Waals surface area contributed by atoms with Gasteiger partial charge in [0.25, 0.3) is 0 Å². The van der Waals surface area contributed by atoms with Crippen LogP contribution in [0.5, 0.6) is 11.5 Å². The maximum Gasteiger partial charge on any atom is 0.171 e. The van der Waals surface area contributed by atoms with Crippen LogP contribution in [0.1, 0.15) is 31.7 Å². The van der Waals surface area contributed by atoms with E-state index in [2.05, 4.69) is 18.1 Å². The van der Waals surface area contributed by atoms with Gasteiger partial charge in [0, 0.05) is 10.0 Å². The van der Waals surface area contributed by atoms with Crippen LogP contribution in [0.2, 0.25) is 10.0 Å². The molecule has 0 saturated carbocycles. The van der Waals surface area contributed by atoms with Crippen molar-refractivity contribution in [3.63, 3.8) is 0 Å². The van der Waals surface area contributed by atoms with E-state index in [0.717, 1.165) is 30.7 Å². The third-order valence-electron chi connectivity index (χ3n) is 3.18. The highest BCUT2D eigenvalue weighted by Gasteiger charge is 2.18. The van der Waals surface area contributed by atoms with Gasteiger partial charge in [0.2, 0.25) is 0 Å². The molecule has 0 amide bonds. The molecule has 0 aliphatic heterocycles. The minimum Gasteiger partial charge on any atom is -0.453 e. The van der Waals surface area contributed by atoms with Gasteiger partial charge in [-0.15, -0.1) is 0 Å². The van der Waals surface area contributed by atoms with Crippen LogP contribution in [0.15, 0.2) is 18.2 Å². The number of hydrogen-bond donors (Lipinski definition) is 0. The number of nitrogens with zero attached hydrogens (tertiary/aromatic N) is 3. The van der Waals surface area contributed by atoms with Crippen molar-refractivity contribution in [2.45, 2.75) is 39.7 Å². The fraction of sp³-hybridized carbons (Fsp3) is 0.375. The van der Waals surface area contributed by atoms with Gasteiger partial charge in [-0.25, -0.2) is 0 Å². The normalized spacial score (nSPS) is 10.5. The molecule has 0 spiro atoms. The number of halogens is 2. The Balaban J connectivity index is 2.45. The zero-order valence-corrected chi connectivity index (χ0v) is 14.1. The number of benzene rings is 1. The highest BCUT2D eigenvalue weighted by molar-refractivity contribution is 6.34. The van der Waals surface area contributed by atoms with E-state index in [-0.39, 0.29) is 6.54 Å². The fourth-order valence-electron chi connectivity index (χ4n) is 2.30. The summed E-state index contributed by atoms with van der Waals surface area (Å²) >= 11 is 12.0. The molecule has 1 aromatic heterocycles. The molecule has 0 aliphatic carbocycles. The lowest BCUT2D eigenvalue weighted by Crippen LogP contribution is -2.03. The van der Waals surface area contributed by atoms with E-state index in [0.29, 0.717) is 21.5 Å². The summed E-state index contributed by atoms with van der Waals surface area (Å²) < 4.78 is 7.71. The largest absolute Gasteiger partial charge is 0.453 e. The fourth-order valence-corrected chi connectivity index (χ4v) is 2.81. The van der Waals surface area contributed by atoms with E-state index < -0.39 is 0 Å². The molecular weight excluding hydrogens is 321 g/mol. The van der Waals surface area contributed by atoms with Crippen LogP contribution >= 0.6 is 23.2 Å². The van der Waals surface area contributed by atoms with Gasteiger partial charge in [0.1, 0.15) is 18.0 Å². The summed E-state index contributed by atoms with van der Waals surface area (Å²) in [6.45, 7) is 4.30. The Labute approximate surface area is 140 Å². The quantitative estimate of drug-likeness (QED) is 0.743. The van der Waals surface area contributed by atoms with Crippen LogP contribution in [-0.4, -0.2) is 9.78 Å². The molecule has 2 rings (SSSR count). The van der Waals surface area contributed by atoms with Gasteiger partial charge >= 0.3 is 0 Å². The van der Waals surface area contributed by atoms with Crippen LogP contribution < -0.4 is 4.74 Å². The van der Waals surface area contributed by atoms with E-state index in [1.165, 1.54) is 0 Å². The van der Waals surface area contributed by atoms with Crippen LogP contribution in [-0.2, 0) is 19.4 Å². The van der Waals surface area contributed by atoms with Gasteiger partial charge in [-0.1, -0.05) is 43.5 Å². The maximum absolute atomic E-state index is 8.95. The molecule has 1 heterocycles. The second kappa shape index (κ2) is 7.53. The molecule has 0 aliphatic rings. The average Bonchev–Trinajstić information content (AvgIpc) is 2.75. The second-order valence-electron chi connectivity index (χ2n) is 4.85. The number of ether oxygens (including phenoxy) is 1. The van der Waals surface area contributed by atoms with Crippen molar-refractivity contribution in [3.8, 4) is 17.6 Å². The molecule has 0 unspecified atom stereocenters. The predicted octanol–water partition coefficient (Wildman–Crippen LogP) is 5.02. The number of aromatic nitrogens is 2. The second-order valence-corrected chi connectivity index (χ2v) is 5.72. The zero-order valence-electron chi connectivity index (χ0n) is 12.6. The Morgan fingerprint density at radius 1 is 1.23 bits per heavy atom. The van der Waals surface area contributed by atoms with Crippen LogP contribution in [0.3, 0.4) is 0 Å². The first-order valence-corrected chi connectivity index (χ1v) is 7.94. The molecule has 22 heavy (non-hydrogen) atoms. The molecule has 6 heteroatoms. The van der Waals surface area contributed by atoms with Gasteiger partial charge < -0.3 is 4.74 Å². The summed E-state index contributed by atoms with van der Waals surface area (Å²) in [5, 5.41) is 14.5. The molecule has 4 nitrogen and oxygen atoms in total. The summed E-state index contributed by atoms with van der Waals surface area (Å²) in [4.78, 5) is 0. The van der Waals surface area contributed by atoms with Crippen LogP contribution in [0, 0.1) is 11.3 Å². The van der Waals surface area contributed by atoms with E-state index >= 15 is 0 Å². The molecule has 0 saturated heterocycles. The van der Waals surface area contributed by atoms with Gasteiger partial charge in [-0.05, 0) is 31.0 Å². The van der Waals surface area contributed by atoms with Crippen LogP contribution in [0.4, 0.5) is 0 Å². The summed E-state index contributed by atoms with van der Waals surface area (Å²) in [5.41, 5.74) is 1.76. The zero-order chi connectivity index (χ0) is 16.1. The van der Waals surface area contributed by atoms with Crippen molar-refractivity contribution in [2.75, 3.05) is 0 Å². The topological polar surface area (TPSA) is 50.8 Å². The molecule has 1 aromatic carbocycles. The first-order valence-electron chi connectivity index (χ1n) is 7.18. The third kappa shape index (κ3) is 3.73. The van der Waals surface area contributed by atoms with E-state index in [4.69, 9.17) is 33.2 Å². The number of nitriles is 1. The highest BCUT2D eigenvalue weighted by Crippen LogP contribution is 2.33. The van der Waals surface area contributed by atoms with Crippen molar-refractivity contribution in [1.82, 2.24) is 9.78 Å². The van der Waals surface area contributed by atoms with Crippen molar-refractivity contribution < 1.29 is 4.74 Å². The molecule has 0 fully saturated rings. The number of rotatable bonds is 6. The first kappa shape index (κ1) is 16.7. The Bertz CT molecular complexity index is 684. The van der Waals surface area contributed by atoms with E-state index in [1.807, 2.05) is 6.92 Å². The summed E-state index contributed by atoms with van der Waals surface area (Å²) in [6, 6.07) is 7.21. The average molecular weight is 338 g/mol. The van der Waals surface area contributed by atoms with E-state index in [1.54, 1.807) is 22.9 Å². The standard InChI is InChI=1S/C16H17Cl2N3O/c1-3-5-14-16(15(4-2)21(20-14)7-6-19)22-13-9-11(17)8-12(18)10-13/h8-10H,3-5,7H2,1-2H3. The monoisotopic (exact) mass is 337 g/mol. The maximum atomic E-state index is 8.95. The van der Waals surface area contributed by atoms with Crippen molar-refractivity contribution >= 4 is 23.2 Å². The summed E-state index contributed by atoms with van der Waals surface area (Å²) in [7, 11) is 0. The molecule has 116 valence electrons. The highest BCUT2D eigenvalue weighted by atomic mass is 35.5. The lowest BCUT2D eigenvalue weighted by molar-refractivity contribution is 0.468. The SMILES string of the molecule is CCCc1nn(CC#N)c(CC)c1Oc1cc(Cl)cc(Cl)c1. The number of aryl methyl sites for hydroxylation is 1. The van der Waals surface area contributed by atoms with Crippen LogP contribution in [0.25, 0.3) is 0 Å². The lowest BCUT2D eigenvalue weighted by atomic mass is 10.2. The van der Waals surface area contributed by atoms with Gasteiger partial charge in [0.05, 0.1) is 11.8 Å². The lowest BCUT2D eigenvalue weighted by Gasteiger charge is -2.09. The first-order chi connectivity index (χ1) is 10.6. The Kier molecular flexibility index (Phi) is 5.70. The molecule has 0 radical (unpaired) electrons. The Morgan fingerprint density at radius 2 is 1.91 bits per heavy atom. The smallest absolute Gasteiger partial charge is 0.171 e. The number of hydrogen-bond acceptors (Lipinski definition) is 3. The molecule has 0 bridgehead atoms. The van der Waals surface area contributed by atoms with Gasteiger partial charge in [-0.2, -0.15) is 10.4 Å². The van der Waals surface area contributed by atoms with Gasteiger partial charge in [0.15, 0.2) is 5.75 Å². The Morgan fingerprint density at radius 3 is 2.45 bits per heavy atom. The molecule has 0 atom stereocenters.